The minimum absolute atomic E-state index is 0.102. The predicted molar refractivity (Wildman–Crippen MR) is 105 cm³/mol. The molecule has 0 bridgehead atoms. The Morgan fingerprint density at radius 2 is 1.47 bits per heavy atom. The molecule has 14 heteroatoms. The van der Waals surface area contributed by atoms with E-state index in [-0.39, 0.29) is 27.0 Å². The Morgan fingerprint density at radius 1 is 0.912 bits per heavy atom. The number of esters is 2. The molecule has 0 fully saturated rings. The molecule has 34 heavy (non-hydrogen) atoms. The van der Waals surface area contributed by atoms with Gasteiger partial charge in [-0.3, -0.25) is 4.79 Å². The molecule has 0 saturated heterocycles. The molecule has 0 aliphatic carbocycles. The molecule has 3 aromatic rings. The van der Waals surface area contributed by atoms with Gasteiger partial charge >= 0.3 is 24.0 Å². The Morgan fingerprint density at radius 3 is 1.97 bits per heavy atom. The quantitative estimate of drug-likeness (QED) is 0.434. The standard InChI is InChI=1S/C20H15F5N4O5/c1-9-4-14(19(21,22)20(23,24)25)29-15(26-9)8-13(28-29)16(30)27-12-6-10(17(31)33-2)5-11(7-12)18(32)34-3/h4-8H,1-3H3,(H,27,30). The van der Waals surface area contributed by atoms with Crippen molar-refractivity contribution in [1.29, 1.82) is 0 Å². The molecule has 1 aromatic carbocycles. The molecule has 0 aliphatic rings. The van der Waals surface area contributed by atoms with Gasteiger partial charge in [-0.05, 0) is 31.2 Å². The van der Waals surface area contributed by atoms with Crippen LogP contribution in [0.4, 0.5) is 27.6 Å². The van der Waals surface area contributed by atoms with Crippen LogP contribution in [0.1, 0.15) is 42.6 Å². The van der Waals surface area contributed by atoms with Crippen molar-refractivity contribution in [3.05, 3.63) is 58.5 Å². The lowest BCUT2D eigenvalue weighted by Crippen LogP contribution is -2.36. The average molecular weight is 486 g/mol. The average Bonchev–Trinajstić information content (AvgIpc) is 3.20. The summed E-state index contributed by atoms with van der Waals surface area (Å²) in [6, 6.07) is 4.87. The molecule has 0 radical (unpaired) electrons. The molecule has 180 valence electrons. The monoisotopic (exact) mass is 486 g/mol. The number of amides is 1. The number of fused-ring (bicyclic) bond motifs is 1. The summed E-state index contributed by atoms with van der Waals surface area (Å²) in [5.74, 6) is -7.99. The van der Waals surface area contributed by atoms with Crippen molar-refractivity contribution < 1.29 is 45.8 Å². The largest absolute Gasteiger partial charge is 0.465 e. The van der Waals surface area contributed by atoms with E-state index in [0.29, 0.717) is 6.07 Å². The first-order valence-corrected chi connectivity index (χ1v) is 9.24. The summed E-state index contributed by atoms with van der Waals surface area (Å²) in [6.07, 6.45) is -5.92. The van der Waals surface area contributed by atoms with Crippen LogP contribution >= 0.6 is 0 Å². The van der Waals surface area contributed by atoms with E-state index in [0.717, 1.165) is 38.5 Å². The fraction of sp³-hybridized carbons (Fsp3) is 0.250. The first kappa shape index (κ1) is 24.5. The third-order valence-corrected chi connectivity index (χ3v) is 4.50. The molecule has 2 aromatic heterocycles. The van der Waals surface area contributed by atoms with Crippen LogP contribution in [0.15, 0.2) is 30.3 Å². The molecule has 0 aliphatic heterocycles. The second-order valence-electron chi connectivity index (χ2n) is 6.89. The van der Waals surface area contributed by atoms with Crippen molar-refractivity contribution in [1.82, 2.24) is 14.6 Å². The summed E-state index contributed by atoms with van der Waals surface area (Å²) in [5, 5.41) is 5.85. The summed E-state index contributed by atoms with van der Waals surface area (Å²) in [5.41, 5.74) is -3.02. The fourth-order valence-electron chi connectivity index (χ4n) is 2.95. The van der Waals surface area contributed by atoms with Gasteiger partial charge in [-0.15, -0.1) is 0 Å². The maximum Gasteiger partial charge on any atom is 0.459 e. The van der Waals surface area contributed by atoms with Crippen molar-refractivity contribution in [3.8, 4) is 0 Å². The molecule has 1 amide bonds. The summed E-state index contributed by atoms with van der Waals surface area (Å²) in [4.78, 5) is 40.3. The smallest absolute Gasteiger partial charge is 0.459 e. The lowest BCUT2D eigenvalue weighted by atomic mass is 10.1. The Hall–Kier alpha value is -4.10. The van der Waals surface area contributed by atoms with Crippen LogP contribution in [0, 0.1) is 6.92 Å². The topological polar surface area (TPSA) is 112 Å². The second kappa shape index (κ2) is 8.68. The molecule has 0 spiro atoms. The van der Waals surface area contributed by atoms with Crippen LogP contribution < -0.4 is 5.32 Å². The summed E-state index contributed by atoms with van der Waals surface area (Å²) in [6.45, 7) is 1.20. The first-order chi connectivity index (χ1) is 15.8. The molecule has 9 nitrogen and oxygen atoms in total. The third-order valence-electron chi connectivity index (χ3n) is 4.50. The highest BCUT2D eigenvalue weighted by atomic mass is 19.4. The fourth-order valence-corrected chi connectivity index (χ4v) is 2.95. The van der Waals surface area contributed by atoms with Gasteiger partial charge in [0.1, 0.15) is 5.69 Å². The van der Waals surface area contributed by atoms with Gasteiger partial charge in [0.05, 0.1) is 25.3 Å². The molecular weight excluding hydrogens is 471 g/mol. The van der Waals surface area contributed by atoms with Gasteiger partial charge in [0, 0.05) is 17.4 Å². The van der Waals surface area contributed by atoms with Crippen LogP contribution in [-0.2, 0) is 15.4 Å². The van der Waals surface area contributed by atoms with E-state index < -0.39 is 47.0 Å². The highest BCUT2D eigenvalue weighted by Crippen LogP contribution is 2.43. The molecule has 0 unspecified atom stereocenters. The zero-order valence-corrected chi connectivity index (χ0v) is 17.7. The van der Waals surface area contributed by atoms with Gasteiger partial charge in [0.15, 0.2) is 11.3 Å². The van der Waals surface area contributed by atoms with E-state index in [4.69, 9.17) is 0 Å². The van der Waals surface area contributed by atoms with E-state index in [1.807, 2.05) is 0 Å². The number of nitrogens with one attached hydrogen (secondary N) is 1. The Balaban J connectivity index is 2.04. The molecule has 1 N–H and O–H groups in total. The zero-order chi connectivity index (χ0) is 25.4. The normalized spacial score (nSPS) is 11.9. The van der Waals surface area contributed by atoms with Crippen LogP contribution in [-0.4, -0.2) is 52.8 Å². The molecular formula is C20H15F5N4O5. The zero-order valence-electron chi connectivity index (χ0n) is 17.7. The van der Waals surface area contributed by atoms with Gasteiger partial charge in [0.2, 0.25) is 0 Å². The lowest BCUT2D eigenvalue weighted by molar-refractivity contribution is -0.291. The van der Waals surface area contributed by atoms with Crippen molar-refractivity contribution in [2.75, 3.05) is 19.5 Å². The van der Waals surface area contributed by atoms with Crippen molar-refractivity contribution in [2.45, 2.75) is 19.0 Å². The first-order valence-electron chi connectivity index (χ1n) is 9.24. The summed E-state index contributed by atoms with van der Waals surface area (Å²) >= 11 is 0. The summed E-state index contributed by atoms with van der Waals surface area (Å²) < 4.78 is 76.2. The number of rotatable bonds is 5. The highest BCUT2D eigenvalue weighted by Gasteiger charge is 2.60. The highest BCUT2D eigenvalue weighted by molar-refractivity contribution is 6.05. The van der Waals surface area contributed by atoms with Gasteiger partial charge in [-0.2, -0.15) is 27.1 Å². The number of alkyl halides is 5. The number of anilines is 1. The van der Waals surface area contributed by atoms with E-state index in [9.17, 15) is 36.3 Å². The second-order valence-corrected chi connectivity index (χ2v) is 6.89. The number of hydrogen-bond acceptors (Lipinski definition) is 7. The predicted octanol–water partition coefficient (Wildman–Crippen LogP) is 3.52. The van der Waals surface area contributed by atoms with Gasteiger partial charge < -0.3 is 14.8 Å². The van der Waals surface area contributed by atoms with E-state index in [1.165, 1.54) is 6.92 Å². The van der Waals surface area contributed by atoms with Crippen molar-refractivity contribution in [2.24, 2.45) is 0 Å². The molecule has 0 atom stereocenters. The maximum atomic E-state index is 14.0. The summed E-state index contributed by atoms with van der Waals surface area (Å²) in [7, 11) is 2.18. The van der Waals surface area contributed by atoms with E-state index in [1.54, 1.807) is 0 Å². The van der Waals surface area contributed by atoms with E-state index >= 15 is 0 Å². The number of methoxy groups -OCH3 is 2. The van der Waals surface area contributed by atoms with Crippen LogP contribution in [0.25, 0.3) is 5.65 Å². The number of carbonyl (C=O) groups is 3. The molecule has 3 rings (SSSR count). The number of hydrogen-bond donors (Lipinski definition) is 1. The van der Waals surface area contributed by atoms with Crippen molar-refractivity contribution >= 4 is 29.2 Å². The number of aryl methyl sites for hydroxylation is 1. The maximum absolute atomic E-state index is 14.0. The number of halogens is 5. The minimum Gasteiger partial charge on any atom is -0.465 e. The van der Waals surface area contributed by atoms with Gasteiger partial charge in [-0.1, -0.05) is 0 Å². The Bertz CT molecular complexity index is 1270. The number of ether oxygens (including phenoxy) is 2. The van der Waals surface area contributed by atoms with Crippen LogP contribution in [0.2, 0.25) is 0 Å². The van der Waals surface area contributed by atoms with Crippen LogP contribution in [0.5, 0.6) is 0 Å². The minimum atomic E-state index is -5.92. The lowest BCUT2D eigenvalue weighted by Gasteiger charge is -2.20. The Kier molecular flexibility index (Phi) is 6.27. The Labute approximate surface area is 187 Å². The van der Waals surface area contributed by atoms with Crippen LogP contribution in [0.3, 0.4) is 0 Å². The van der Waals surface area contributed by atoms with Crippen molar-refractivity contribution in [3.63, 3.8) is 0 Å². The van der Waals surface area contributed by atoms with Gasteiger partial charge in [-0.25, -0.2) is 19.1 Å². The molecule has 0 saturated carbocycles. The SMILES string of the molecule is COC(=O)c1cc(NC(=O)c2cc3nc(C)cc(C(F)(F)C(F)(F)F)n3n2)cc(C(=O)OC)c1. The van der Waals surface area contributed by atoms with Gasteiger partial charge in [0.25, 0.3) is 5.91 Å². The number of aromatic nitrogens is 3. The number of carbonyl (C=O) groups excluding carboxylic acids is 3. The number of nitrogens with zero attached hydrogens (tertiary/aromatic N) is 3. The third kappa shape index (κ3) is 4.51. The number of benzene rings is 1. The molecule has 2 heterocycles. The van der Waals surface area contributed by atoms with E-state index in [2.05, 4.69) is 24.9 Å².